The van der Waals surface area contributed by atoms with Gasteiger partial charge in [-0.25, -0.2) is 0 Å². The summed E-state index contributed by atoms with van der Waals surface area (Å²) in [5.41, 5.74) is 1.60. The van der Waals surface area contributed by atoms with Crippen LogP contribution in [0.1, 0.15) is 50.2 Å². The zero-order chi connectivity index (χ0) is 16.6. The molecule has 4 heteroatoms. The van der Waals surface area contributed by atoms with Gasteiger partial charge < -0.3 is 15.2 Å². The Balaban J connectivity index is 1.97. The van der Waals surface area contributed by atoms with Crippen LogP contribution < -0.4 is 10.1 Å². The second-order valence-electron chi connectivity index (χ2n) is 6.79. The number of methoxy groups -OCH3 is 1. The lowest BCUT2D eigenvalue weighted by atomic mass is 9.75. The van der Waals surface area contributed by atoms with E-state index in [1.54, 1.807) is 7.11 Å². The van der Waals surface area contributed by atoms with Crippen LogP contribution in [0.25, 0.3) is 5.57 Å². The number of benzene rings is 1. The molecule has 0 bridgehead atoms. The molecule has 1 aromatic rings. The van der Waals surface area contributed by atoms with Gasteiger partial charge in [-0.05, 0) is 61.8 Å². The number of carbonyl (C=O) groups excluding carboxylic acids is 1. The van der Waals surface area contributed by atoms with Crippen LogP contribution in [0.2, 0.25) is 0 Å². The van der Waals surface area contributed by atoms with E-state index in [-0.39, 0.29) is 11.7 Å². The van der Waals surface area contributed by atoms with Gasteiger partial charge in [0.1, 0.15) is 11.5 Å². The summed E-state index contributed by atoms with van der Waals surface area (Å²) in [7, 11) is 1.62. The lowest BCUT2D eigenvalue weighted by Gasteiger charge is -2.36. The Kier molecular flexibility index (Phi) is 4.09. The SMILES string of the molecule is CCC1CCC2(CC1)NC(=O)C(c1ccc(OC)cc1C)=C2O. The van der Waals surface area contributed by atoms with Gasteiger partial charge >= 0.3 is 0 Å². The second kappa shape index (κ2) is 5.91. The van der Waals surface area contributed by atoms with Crippen molar-refractivity contribution in [3.8, 4) is 5.75 Å². The normalized spacial score (nSPS) is 27.4. The van der Waals surface area contributed by atoms with Crippen molar-refractivity contribution in [2.45, 2.75) is 51.5 Å². The molecule has 4 nitrogen and oxygen atoms in total. The number of nitrogens with one attached hydrogen (secondary N) is 1. The number of aliphatic hydroxyl groups excluding tert-OH is 1. The first-order chi connectivity index (χ1) is 11.0. The summed E-state index contributed by atoms with van der Waals surface area (Å²) in [6.07, 6.45) is 4.91. The summed E-state index contributed by atoms with van der Waals surface area (Å²) in [6.45, 7) is 4.14. The zero-order valence-corrected chi connectivity index (χ0v) is 14.1. The Hall–Kier alpha value is -1.97. The van der Waals surface area contributed by atoms with E-state index in [0.717, 1.165) is 42.6 Å². The van der Waals surface area contributed by atoms with Crippen molar-refractivity contribution in [2.75, 3.05) is 7.11 Å². The third-order valence-corrected chi connectivity index (χ3v) is 5.51. The molecule has 1 aliphatic carbocycles. The minimum Gasteiger partial charge on any atom is -0.509 e. The topological polar surface area (TPSA) is 58.6 Å². The molecule has 0 saturated heterocycles. The number of aryl methyl sites for hydroxylation is 1. The van der Waals surface area contributed by atoms with Crippen molar-refractivity contribution in [3.63, 3.8) is 0 Å². The van der Waals surface area contributed by atoms with Crippen molar-refractivity contribution in [1.29, 1.82) is 0 Å². The van der Waals surface area contributed by atoms with Gasteiger partial charge in [-0.15, -0.1) is 0 Å². The van der Waals surface area contributed by atoms with Gasteiger partial charge in [0, 0.05) is 0 Å². The van der Waals surface area contributed by atoms with Crippen molar-refractivity contribution >= 4 is 11.5 Å². The smallest absolute Gasteiger partial charge is 0.256 e. The van der Waals surface area contributed by atoms with E-state index in [0.29, 0.717) is 11.5 Å². The zero-order valence-electron chi connectivity index (χ0n) is 14.1. The summed E-state index contributed by atoms with van der Waals surface area (Å²) in [5, 5.41) is 13.9. The number of aliphatic hydroxyl groups is 1. The van der Waals surface area contributed by atoms with Crippen LogP contribution in [-0.2, 0) is 4.79 Å². The summed E-state index contributed by atoms with van der Waals surface area (Å²) >= 11 is 0. The molecule has 1 heterocycles. The fourth-order valence-corrected chi connectivity index (χ4v) is 3.92. The van der Waals surface area contributed by atoms with E-state index in [1.807, 2.05) is 25.1 Å². The molecule has 0 atom stereocenters. The van der Waals surface area contributed by atoms with E-state index >= 15 is 0 Å². The Labute approximate surface area is 137 Å². The first-order valence-corrected chi connectivity index (χ1v) is 8.42. The van der Waals surface area contributed by atoms with Gasteiger partial charge in [0.25, 0.3) is 5.91 Å². The highest BCUT2D eigenvalue weighted by molar-refractivity contribution is 6.23. The van der Waals surface area contributed by atoms with E-state index in [9.17, 15) is 9.90 Å². The van der Waals surface area contributed by atoms with E-state index in [1.165, 1.54) is 6.42 Å². The third-order valence-electron chi connectivity index (χ3n) is 5.51. The number of carbonyl (C=O) groups is 1. The van der Waals surface area contributed by atoms with Crippen LogP contribution in [0.4, 0.5) is 0 Å². The highest BCUT2D eigenvalue weighted by atomic mass is 16.5. The predicted octanol–water partition coefficient (Wildman–Crippen LogP) is 3.74. The predicted molar refractivity (Wildman–Crippen MR) is 90.4 cm³/mol. The van der Waals surface area contributed by atoms with Gasteiger partial charge in [0.2, 0.25) is 0 Å². The molecule has 3 rings (SSSR count). The van der Waals surface area contributed by atoms with Crippen molar-refractivity contribution in [1.82, 2.24) is 5.32 Å². The van der Waals surface area contributed by atoms with Crippen LogP contribution in [0.5, 0.6) is 5.75 Å². The fraction of sp³-hybridized carbons (Fsp3) is 0.526. The maximum Gasteiger partial charge on any atom is 0.256 e. The first kappa shape index (κ1) is 15.9. The quantitative estimate of drug-likeness (QED) is 0.893. The molecule has 2 aliphatic rings. The molecule has 23 heavy (non-hydrogen) atoms. The molecule has 1 amide bonds. The van der Waals surface area contributed by atoms with E-state index in [2.05, 4.69) is 12.2 Å². The molecule has 1 aromatic carbocycles. The number of amides is 1. The molecule has 0 radical (unpaired) electrons. The molecule has 1 fully saturated rings. The van der Waals surface area contributed by atoms with Gasteiger partial charge in [0.05, 0.1) is 18.2 Å². The summed E-state index contributed by atoms with van der Waals surface area (Å²) < 4.78 is 5.22. The van der Waals surface area contributed by atoms with Gasteiger partial charge in [-0.3, -0.25) is 4.79 Å². The lowest BCUT2D eigenvalue weighted by molar-refractivity contribution is -0.116. The molecule has 0 aromatic heterocycles. The van der Waals surface area contributed by atoms with Crippen LogP contribution in [0.15, 0.2) is 24.0 Å². The number of rotatable bonds is 3. The maximum atomic E-state index is 12.6. The number of ether oxygens (including phenoxy) is 1. The van der Waals surface area contributed by atoms with Gasteiger partial charge in [-0.1, -0.05) is 19.4 Å². The van der Waals surface area contributed by atoms with Crippen LogP contribution in [-0.4, -0.2) is 23.7 Å². The molecule has 124 valence electrons. The second-order valence-corrected chi connectivity index (χ2v) is 6.79. The maximum absolute atomic E-state index is 12.6. The highest BCUT2D eigenvalue weighted by Crippen LogP contribution is 2.44. The minimum absolute atomic E-state index is 0.161. The summed E-state index contributed by atoms with van der Waals surface area (Å²) in [6, 6.07) is 5.58. The van der Waals surface area contributed by atoms with Crippen molar-refractivity contribution in [3.05, 3.63) is 35.1 Å². The van der Waals surface area contributed by atoms with E-state index < -0.39 is 5.54 Å². The summed E-state index contributed by atoms with van der Waals surface area (Å²) in [5.74, 6) is 1.52. The Bertz CT molecular complexity index is 655. The molecule has 2 N–H and O–H groups in total. The number of hydrogen-bond acceptors (Lipinski definition) is 3. The van der Waals surface area contributed by atoms with Crippen molar-refractivity contribution < 1.29 is 14.6 Å². The minimum atomic E-state index is -0.551. The van der Waals surface area contributed by atoms with Gasteiger partial charge in [-0.2, -0.15) is 0 Å². The molecular formula is C19H25NO3. The van der Waals surface area contributed by atoms with E-state index in [4.69, 9.17) is 4.74 Å². The molecule has 1 spiro atoms. The van der Waals surface area contributed by atoms with Crippen LogP contribution >= 0.6 is 0 Å². The van der Waals surface area contributed by atoms with Crippen LogP contribution in [0, 0.1) is 12.8 Å². The fourth-order valence-electron chi connectivity index (χ4n) is 3.92. The third kappa shape index (κ3) is 2.60. The Morgan fingerprint density at radius 3 is 2.61 bits per heavy atom. The Morgan fingerprint density at radius 2 is 2.04 bits per heavy atom. The molecule has 1 saturated carbocycles. The van der Waals surface area contributed by atoms with Crippen LogP contribution in [0.3, 0.4) is 0 Å². The molecule has 0 unspecified atom stereocenters. The summed E-state index contributed by atoms with van der Waals surface area (Å²) in [4.78, 5) is 12.6. The van der Waals surface area contributed by atoms with Gasteiger partial charge in [0.15, 0.2) is 0 Å². The largest absolute Gasteiger partial charge is 0.509 e. The average molecular weight is 315 g/mol. The monoisotopic (exact) mass is 315 g/mol. The van der Waals surface area contributed by atoms with Crippen molar-refractivity contribution in [2.24, 2.45) is 5.92 Å². The molecular weight excluding hydrogens is 290 g/mol. The molecule has 1 aliphatic heterocycles. The number of hydrogen-bond donors (Lipinski definition) is 2. The standard InChI is InChI=1S/C19H25NO3/c1-4-13-7-9-19(10-8-13)17(21)16(18(22)20-19)15-6-5-14(23-3)11-12(15)2/h5-6,11,13,21H,4,7-10H2,1-3H3,(H,20,22). The first-order valence-electron chi connectivity index (χ1n) is 8.42. The highest BCUT2D eigenvalue weighted by Gasteiger charge is 2.47. The average Bonchev–Trinajstić information content (AvgIpc) is 2.79. The Morgan fingerprint density at radius 1 is 1.35 bits per heavy atom. The lowest BCUT2D eigenvalue weighted by Crippen LogP contribution is -2.47.